The summed E-state index contributed by atoms with van der Waals surface area (Å²) in [5.41, 5.74) is 6.53. The van der Waals surface area contributed by atoms with Crippen LogP contribution in [0.1, 0.15) is 38.7 Å². The van der Waals surface area contributed by atoms with Gasteiger partial charge in [-0.2, -0.15) is 5.26 Å². The number of rotatable bonds is 5. The van der Waals surface area contributed by atoms with E-state index >= 15 is 0 Å². The molecular formula is C22H28FN5O2. The van der Waals surface area contributed by atoms with Gasteiger partial charge in [0.15, 0.2) is 0 Å². The fourth-order valence-corrected chi connectivity index (χ4v) is 5.30. The molecule has 3 fully saturated rings. The van der Waals surface area contributed by atoms with Gasteiger partial charge in [0.05, 0.1) is 23.7 Å². The van der Waals surface area contributed by atoms with Gasteiger partial charge in [0.25, 0.3) is 0 Å². The van der Waals surface area contributed by atoms with Crippen LogP contribution in [0.4, 0.5) is 4.39 Å². The van der Waals surface area contributed by atoms with Gasteiger partial charge in [-0.1, -0.05) is 12.1 Å². The second-order valence-electron chi connectivity index (χ2n) is 9.06. The quantitative estimate of drug-likeness (QED) is 0.783. The molecule has 3 saturated heterocycles. The summed E-state index contributed by atoms with van der Waals surface area (Å²) in [6.07, 6.45) is 2.21. The van der Waals surface area contributed by atoms with Crippen LogP contribution in [-0.4, -0.2) is 70.3 Å². The Bertz CT molecular complexity index is 881. The van der Waals surface area contributed by atoms with E-state index in [4.69, 9.17) is 5.73 Å². The van der Waals surface area contributed by atoms with E-state index in [1.807, 2.05) is 23.6 Å². The summed E-state index contributed by atoms with van der Waals surface area (Å²) in [4.78, 5) is 31.4. The van der Waals surface area contributed by atoms with Crippen LogP contribution in [0.3, 0.4) is 0 Å². The van der Waals surface area contributed by atoms with Crippen LogP contribution in [0, 0.1) is 17.1 Å². The standard InChI is InChI=1S/C22H28FN5O2/c1-22(2,14-5-7-15(23)8-6-14)28-17-10-19(21(28)30)26(12-17)13-18(25)20(29)27-9-3-4-16(27)11-24/h5-8,16-19H,3-4,9-10,12-13,25H2,1-2H3/t16?,17?,18?,19-/m0/s1. The number of hydrogen-bond donors (Lipinski definition) is 1. The summed E-state index contributed by atoms with van der Waals surface area (Å²) in [7, 11) is 0. The lowest BCUT2D eigenvalue weighted by molar-refractivity contribution is -0.144. The third-order valence-corrected chi connectivity index (χ3v) is 6.86. The van der Waals surface area contributed by atoms with E-state index in [0.29, 0.717) is 32.5 Å². The summed E-state index contributed by atoms with van der Waals surface area (Å²) in [6, 6.07) is 7.05. The molecule has 1 aromatic rings. The van der Waals surface area contributed by atoms with Crippen LogP contribution in [-0.2, 0) is 15.1 Å². The molecule has 160 valence electrons. The molecule has 0 radical (unpaired) electrons. The van der Waals surface area contributed by atoms with Gasteiger partial charge in [-0.15, -0.1) is 0 Å². The van der Waals surface area contributed by atoms with E-state index in [-0.39, 0.29) is 29.7 Å². The van der Waals surface area contributed by atoms with Crippen molar-refractivity contribution in [3.8, 4) is 6.07 Å². The number of nitriles is 1. The monoisotopic (exact) mass is 413 g/mol. The number of nitrogens with two attached hydrogens (primary N) is 1. The zero-order valence-corrected chi connectivity index (χ0v) is 17.4. The molecule has 0 spiro atoms. The van der Waals surface area contributed by atoms with E-state index in [9.17, 15) is 19.2 Å². The van der Waals surface area contributed by atoms with E-state index in [2.05, 4.69) is 6.07 Å². The summed E-state index contributed by atoms with van der Waals surface area (Å²) in [5, 5.41) is 9.22. The number of nitrogens with zero attached hydrogens (tertiary/aromatic N) is 4. The second kappa shape index (κ2) is 7.64. The van der Waals surface area contributed by atoms with Gasteiger partial charge < -0.3 is 15.5 Å². The van der Waals surface area contributed by atoms with Gasteiger partial charge in [-0.3, -0.25) is 14.5 Å². The molecule has 3 aliphatic rings. The minimum atomic E-state index is -0.746. The van der Waals surface area contributed by atoms with Crippen LogP contribution < -0.4 is 5.73 Å². The molecule has 4 atom stereocenters. The highest BCUT2D eigenvalue weighted by Crippen LogP contribution is 2.41. The Morgan fingerprint density at radius 2 is 2.07 bits per heavy atom. The van der Waals surface area contributed by atoms with Crippen molar-refractivity contribution >= 4 is 11.8 Å². The van der Waals surface area contributed by atoms with Gasteiger partial charge in [-0.05, 0) is 50.8 Å². The topological polar surface area (TPSA) is 93.7 Å². The largest absolute Gasteiger partial charge is 0.328 e. The Kier molecular flexibility index (Phi) is 5.28. The van der Waals surface area contributed by atoms with Crippen molar-refractivity contribution in [3.63, 3.8) is 0 Å². The van der Waals surface area contributed by atoms with Crippen molar-refractivity contribution in [1.82, 2.24) is 14.7 Å². The third-order valence-electron chi connectivity index (χ3n) is 6.86. The van der Waals surface area contributed by atoms with Crippen LogP contribution in [0.2, 0.25) is 0 Å². The molecule has 3 unspecified atom stereocenters. The third kappa shape index (κ3) is 3.36. The van der Waals surface area contributed by atoms with Crippen molar-refractivity contribution in [1.29, 1.82) is 5.26 Å². The molecule has 0 aliphatic carbocycles. The number of fused-ring (bicyclic) bond motifs is 2. The summed E-state index contributed by atoms with van der Waals surface area (Å²) >= 11 is 0. The number of likely N-dealkylation sites (tertiary alicyclic amines) is 3. The first-order valence-corrected chi connectivity index (χ1v) is 10.5. The summed E-state index contributed by atoms with van der Waals surface area (Å²) in [6.45, 7) is 5.49. The second-order valence-corrected chi connectivity index (χ2v) is 9.06. The Hall–Kier alpha value is -2.50. The maximum atomic E-state index is 13.3. The maximum Gasteiger partial charge on any atom is 0.241 e. The molecule has 2 amide bonds. The minimum absolute atomic E-state index is 0.0243. The van der Waals surface area contributed by atoms with Gasteiger partial charge in [0, 0.05) is 25.7 Å². The van der Waals surface area contributed by atoms with Crippen molar-refractivity contribution in [2.75, 3.05) is 19.6 Å². The molecule has 3 aliphatic heterocycles. The number of amides is 2. The Balaban J connectivity index is 1.43. The molecule has 3 heterocycles. The first kappa shape index (κ1) is 20.8. The molecule has 2 N–H and O–H groups in total. The normalized spacial score (nSPS) is 27.6. The van der Waals surface area contributed by atoms with Gasteiger partial charge >= 0.3 is 0 Å². The zero-order chi connectivity index (χ0) is 21.6. The van der Waals surface area contributed by atoms with E-state index in [0.717, 1.165) is 12.0 Å². The number of halogens is 1. The van der Waals surface area contributed by atoms with E-state index in [1.54, 1.807) is 17.0 Å². The van der Waals surface area contributed by atoms with Crippen LogP contribution in [0.15, 0.2) is 24.3 Å². The lowest BCUT2D eigenvalue weighted by atomic mass is 9.91. The van der Waals surface area contributed by atoms with Crippen molar-refractivity contribution in [2.24, 2.45) is 5.73 Å². The number of hydrogen-bond acceptors (Lipinski definition) is 5. The number of carbonyl (C=O) groups is 2. The van der Waals surface area contributed by atoms with Crippen LogP contribution in [0.25, 0.3) is 0 Å². The van der Waals surface area contributed by atoms with E-state index in [1.165, 1.54) is 12.1 Å². The first-order valence-electron chi connectivity index (χ1n) is 10.5. The first-order chi connectivity index (χ1) is 14.2. The molecule has 8 heteroatoms. The summed E-state index contributed by atoms with van der Waals surface area (Å²) in [5.74, 6) is -0.487. The smallest absolute Gasteiger partial charge is 0.241 e. The van der Waals surface area contributed by atoms with Crippen molar-refractivity contribution in [3.05, 3.63) is 35.6 Å². The summed E-state index contributed by atoms with van der Waals surface area (Å²) < 4.78 is 13.3. The fourth-order valence-electron chi connectivity index (χ4n) is 5.30. The van der Waals surface area contributed by atoms with E-state index < -0.39 is 17.6 Å². The molecule has 1 aromatic carbocycles. The lowest BCUT2D eigenvalue weighted by Gasteiger charge is -2.44. The van der Waals surface area contributed by atoms with Gasteiger partial charge in [-0.25, -0.2) is 4.39 Å². The molecule has 0 aromatic heterocycles. The molecule has 2 bridgehead atoms. The maximum absolute atomic E-state index is 13.3. The average Bonchev–Trinajstić information content (AvgIpc) is 3.41. The minimum Gasteiger partial charge on any atom is -0.328 e. The Morgan fingerprint density at radius 3 is 2.70 bits per heavy atom. The number of carbonyl (C=O) groups excluding carboxylic acids is 2. The SMILES string of the molecule is CC(C)(c1ccc(F)cc1)N1C(=O)[C@@H]2CC1CN2CC(N)C(=O)N1CCCC1C#N. The average molecular weight is 413 g/mol. The predicted molar refractivity (Wildman–Crippen MR) is 108 cm³/mol. The molecule has 30 heavy (non-hydrogen) atoms. The highest BCUT2D eigenvalue weighted by molar-refractivity contribution is 5.87. The molecule has 7 nitrogen and oxygen atoms in total. The number of benzene rings is 1. The Labute approximate surface area is 176 Å². The fraction of sp³-hybridized carbons (Fsp3) is 0.591. The molecular weight excluding hydrogens is 385 g/mol. The van der Waals surface area contributed by atoms with Crippen LogP contribution in [0.5, 0.6) is 0 Å². The van der Waals surface area contributed by atoms with Crippen molar-refractivity contribution in [2.45, 2.75) is 62.8 Å². The highest BCUT2D eigenvalue weighted by atomic mass is 19.1. The Morgan fingerprint density at radius 1 is 1.37 bits per heavy atom. The van der Waals surface area contributed by atoms with Gasteiger partial charge in [0.2, 0.25) is 11.8 Å². The lowest BCUT2D eigenvalue weighted by Crippen LogP contribution is -2.59. The van der Waals surface area contributed by atoms with Gasteiger partial charge in [0.1, 0.15) is 11.9 Å². The predicted octanol–water partition coefficient (Wildman–Crippen LogP) is 1.19. The van der Waals surface area contributed by atoms with Crippen LogP contribution >= 0.6 is 0 Å². The molecule has 4 rings (SSSR count). The van der Waals surface area contributed by atoms with Crippen molar-refractivity contribution < 1.29 is 14.0 Å². The number of piperazine rings is 1. The highest BCUT2D eigenvalue weighted by Gasteiger charge is 2.54. The zero-order valence-electron chi connectivity index (χ0n) is 17.4. The molecule has 0 saturated carbocycles.